The van der Waals surface area contributed by atoms with Gasteiger partial charge in [-0.05, 0) is 37.1 Å². The number of amides is 2. The van der Waals surface area contributed by atoms with Gasteiger partial charge in [-0.15, -0.1) is 0 Å². The van der Waals surface area contributed by atoms with Crippen molar-refractivity contribution in [3.05, 3.63) is 65.7 Å². The molecule has 1 unspecified atom stereocenters. The van der Waals surface area contributed by atoms with E-state index in [0.29, 0.717) is 0 Å². The van der Waals surface area contributed by atoms with Crippen LogP contribution in [0.15, 0.2) is 54.6 Å². The monoisotopic (exact) mass is 384 g/mol. The second-order valence-electron chi connectivity index (χ2n) is 7.22. The minimum absolute atomic E-state index is 0.0601. The molecule has 2 aromatic carbocycles. The standard InChI is InChI=1S/C22H29N3O3/c1-16(2)23-20(26)14-25(3)15-21(27)24-22(17-8-6-5-7-9-17)18-10-12-19(28-4)13-11-18/h5-13,16,22H,14-15H2,1-4H3,(H,23,26)(H,24,27)/p+1/t22-/m1/s1. The number of methoxy groups -OCH3 is 1. The molecule has 0 radical (unpaired) electrons. The van der Waals surface area contributed by atoms with Crippen LogP contribution in [0.5, 0.6) is 5.75 Å². The van der Waals surface area contributed by atoms with Gasteiger partial charge in [-0.2, -0.15) is 0 Å². The molecule has 0 spiro atoms. The highest BCUT2D eigenvalue weighted by atomic mass is 16.5. The van der Waals surface area contributed by atoms with Gasteiger partial charge in [-0.25, -0.2) is 0 Å². The molecule has 0 saturated heterocycles. The zero-order valence-electron chi connectivity index (χ0n) is 17.0. The summed E-state index contributed by atoms with van der Waals surface area (Å²) in [7, 11) is 3.46. The van der Waals surface area contributed by atoms with Gasteiger partial charge in [0.15, 0.2) is 13.1 Å². The Hall–Kier alpha value is -2.86. The molecule has 0 aliphatic heterocycles. The predicted molar refractivity (Wildman–Crippen MR) is 109 cm³/mol. The summed E-state index contributed by atoms with van der Waals surface area (Å²) >= 11 is 0. The van der Waals surface area contributed by atoms with Gasteiger partial charge < -0.3 is 20.3 Å². The second kappa shape index (κ2) is 10.5. The van der Waals surface area contributed by atoms with E-state index in [4.69, 9.17) is 4.74 Å². The zero-order chi connectivity index (χ0) is 20.5. The van der Waals surface area contributed by atoms with Crippen molar-refractivity contribution in [2.75, 3.05) is 27.2 Å². The van der Waals surface area contributed by atoms with Crippen LogP contribution in [0.25, 0.3) is 0 Å². The van der Waals surface area contributed by atoms with Gasteiger partial charge in [0.1, 0.15) is 5.75 Å². The van der Waals surface area contributed by atoms with Crippen LogP contribution in [0.1, 0.15) is 31.0 Å². The van der Waals surface area contributed by atoms with E-state index in [2.05, 4.69) is 10.6 Å². The molecule has 28 heavy (non-hydrogen) atoms. The van der Waals surface area contributed by atoms with Gasteiger partial charge in [0.25, 0.3) is 11.8 Å². The topological polar surface area (TPSA) is 71.9 Å². The highest BCUT2D eigenvalue weighted by Crippen LogP contribution is 2.23. The van der Waals surface area contributed by atoms with E-state index in [1.54, 1.807) is 7.11 Å². The third-order valence-corrected chi connectivity index (χ3v) is 4.26. The molecule has 6 nitrogen and oxygen atoms in total. The van der Waals surface area contributed by atoms with Gasteiger partial charge in [0.2, 0.25) is 0 Å². The zero-order valence-corrected chi connectivity index (χ0v) is 17.0. The molecule has 0 saturated carbocycles. The van der Waals surface area contributed by atoms with Crippen molar-refractivity contribution < 1.29 is 19.2 Å². The van der Waals surface area contributed by atoms with Gasteiger partial charge in [0, 0.05) is 6.04 Å². The van der Waals surface area contributed by atoms with Gasteiger partial charge in [-0.1, -0.05) is 42.5 Å². The fraction of sp³-hybridized carbons (Fsp3) is 0.364. The first-order chi connectivity index (χ1) is 13.4. The number of nitrogens with one attached hydrogen (secondary N) is 3. The normalized spacial score (nSPS) is 12.9. The molecule has 3 N–H and O–H groups in total. The summed E-state index contributed by atoms with van der Waals surface area (Å²) in [5.74, 6) is 0.594. The van der Waals surface area contributed by atoms with Crippen LogP contribution in [0, 0.1) is 0 Å². The van der Waals surface area contributed by atoms with Crippen LogP contribution in [0.2, 0.25) is 0 Å². The van der Waals surface area contributed by atoms with Crippen molar-refractivity contribution in [1.82, 2.24) is 10.6 Å². The molecule has 0 heterocycles. The number of carbonyl (C=O) groups excluding carboxylic acids is 2. The molecule has 2 rings (SSSR count). The summed E-state index contributed by atoms with van der Waals surface area (Å²) < 4.78 is 5.22. The second-order valence-corrected chi connectivity index (χ2v) is 7.22. The lowest BCUT2D eigenvalue weighted by atomic mass is 9.98. The number of quaternary nitrogens is 1. The lowest BCUT2D eigenvalue weighted by Crippen LogP contribution is -3.11. The molecule has 0 aromatic heterocycles. The molecule has 2 amide bonds. The van der Waals surface area contributed by atoms with Crippen molar-refractivity contribution in [3.8, 4) is 5.75 Å². The van der Waals surface area contributed by atoms with Crippen molar-refractivity contribution in [2.45, 2.75) is 25.9 Å². The molecule has 150 valence electrons. The van der Waals surface area contributed by atoms with Gasteiger partial charge in [-0.3, -0.25) is 9.59 Å². The number of likely N-dealkylation sites (N-methyl/N-ethyl adjacent to an activating group) is 1. The Morgan fingerprint density at radius 1 is 0.893 bits per heavy atom. The van der Waals surface area contributed by atoms with Crippen LogP contribution in [-0.2, 0) is 9.59 Å². The van der Waals surface area contributed by atoms with Gasteiger partial charge in [0.05, 0.1) is 20.2 Å². The lowest BCUT2D eigenvalue weighted by Gasteiger charge is -2.21. The minimum Gasteiger partial charge on any atom is -0.497 e. The Balaban J connectivity index is 2.07. The van der Waals surface area contributed by atoms with Crippen molar-refractivity contribution in [1.29, 1.82) is 0 Å². The van der Waals surface area contributed by atoms with Crippen LogP contribution >= 0.6 is 0 Å². The van der Waals surface area contributed by atoms with E-state index in [1.807, 2.05) is 75.5 Å². The maximum Gasteiger partial charge on any atom is 0.275 e. The predicted octanol–water partition coefficient (Wildman–Crippen LogP) is 0.940. The Labute approximate surface area is 166 Å². The molecule has 0 bridgehead atoms. The van der Waals surface area contributed by atoms with E-state index >= 15 is 0 Å². The third-order valence-electron chi connectivity index (χ3n) is 4.26. The molecule has 6 heteroatoms. The first-order valence-corrected chi connectivity index (χ1v) is 9.48. The highest BCUT2D eigenvalue weighted by Gasteiger charge is 2.20. The third kappa shape index (κ3) is 6.70. The average molecular weight is 385 g/mol. The summed E-state index contributed by atoms with van der Waals surface area (Å²) in [6.07, 6.45) is 0. The molecular formula is C22H30N3O3+. The summed E-state index contributed by atoms with van der Waals surface area (Å²) in [6, 6.07) is 17.3. The summed E-state index contributed by atoms with van der Waals surface area (Å²) in [5, 5.41) is 5.95. The molecular weight excluding hydrogens is 354 g/mol. The number of carbonyl (C=O) groups is 2. The first kappa shape index (κ1) is 21.4. The number of hydrogen-bond donors (Lipinski definition) is 3. The molecule has 0 aliphatic rings. The fourth-order valence-electron chi connectivity index (χ4n) is 3.00. The Kier molecular flexibility index (Phi) is 8.02. The number of hydrogen-bond acceptors (Lipinski definition) is 3. The largest absolute Gasteiger partial charge is 0.497 e. The molecule has 0 fully saturated rings. The molecule has 0 aliphatic carbocycles. The molecule has 2 aromatic rings. The van der Waals surface area contributed by atoms with Crippen molar-refractivity contribution >= 4 is 11.8 Å². The van der Waals surface area contributed by atoms with E-state index in [0.717, 1.165) is 21.8 Å². The highest BCUT2D eigenvalue weighted by molar-refractivity contribution is 5.79. The average Bonchev–Trinajstić information content (AvgIpc) is 2.66. The van der Waals surface area contributed by atoms with Crippen LogP contribution in [0.4, 0.5) is 0 Å². The van der Waals surface area contributed by atoms with E-state index in [1.165, 1.54) is 0 Å². The number of rotatable bonds is 9. The summed E-state index contributed by atoms with van der Waals surface area (Å²) in [4.78, 5) is 25.4. The first-order valence-electron chi connectivity index (χ1n) is 9.48. The lowest BCUT2D eigenvalue weighted by molar-refractivity contribution is -0.862. The number of ether oxygens (including phenoxy) is 1. The molecule has 2 atom stereocenters. The summed E-state index contributed by atoms with van der Waals surface area (Å²) in [6.45, 7) is 4.30. The van der Waals surface area contributed by atoms with Crippen molar-refractivity contribution in [2.24, 2.45) is 0 Å². The quantitative estimate of drug-likeness (QED) is 0.603. The van der Waals surface area contributed by atoms with E-state index < -0.39 is 0 Å². The van der Waals surface area contributed by atoms with Crippen molar-refractivity contribution in [3.63, 3.8) is 0 Å². The number of benzene rings is 2. The minimum atomic E-state index is -0.267. The maximum atomic E-state index is 12.6. The van der Waals surface area contributed by atoms with Gasteiger partial charge >= 0.3 is 0 Å². The Bertz CT molecular complexity index is 760. The Morgan fingerprint density at radius 3 is 1.96 bits per heavy atom. The van der Waals surface area contributed by atoms with Crippen LogP contribution in [-0.4, -0.2) is 45.1 Å². The maximum absolute atomic E-state index is 12.6. The van der Waals surface area contributed by atoms with Crippen LogP contribution in [0.3, 0.4) is 0 Å². The Morgan fingerprint density at radius 2 is 1.43 bits per heavy atom. The SMILES string of the molecule is COc1ccc([C@H](NC(=O)C[NH+](C)CC(=O)NC(C)C)c2ccccc2)cc1. The van der Waals surface area contributed by atoms with Crippen LogP contribution < -0.4 is 20.3 Å². The van der Waals surface area contributed by atoms with E-state index in [-0.39, 0.29) is 37.0 Å². The summed E-state index contributed by atoms with van der Waals surface area (Å²) in [5.41, 5.74) is 1.96. The fourth-order valence-corrected chi connectivity index (χ4v) is 3.00. The van der Waals surface area contributed by atoms with E-state index in [9.17, 15) is 9.59 Å². The smallest absolute Gasteiger partial charge is 0.275 e.